The standard InChI is InChI=1S/C11H15N5O3/c1-5-8(18)6(2-17)19-11(5)16-4-15-7-9(12)13-3-14-10(7)16/h3-6,8,11,17-18H,2H2,1H3,(H2,12,13,14)/t5-,6+,8?,11+/m0/s1. The lowest BCUT2D eigenvalue weighted by molar-refractivity contribution is -0.0447. The number of hydrogen-bond acceptors (Lipinski definition) is 7. The number of nitrogens with two attached hydrogens (primary N) is 1. The average Bonchev–Trinajstić information content (AvgIpc) is 2.94. The number of rotatable bonds is 2. The predicted octanol–water partition coefficient (Wildman–Crippen LogP) is -0.705. The zero-order valence-corrected chi connectivity index (χ0v) is 10.3. The molecule has 0 radical (unpaired) electrons. The minimum absolute atomic E-state index is 0.189. The van der Waals surface area contributed by atoms with Crippen LogP contribution in [0.3, 0.4) is 0 Å². The van der Waals surface area contributed by atoms with E-state index in [2.05, 4.69) is 15.0 Å². The van der Waals surface area contributed by atoms with E-state index >= 15 is 0 Å². The van der Waals surface area contributed by atoms with E-state index in [0.29, 0.717) is 17.0 Å². The monoisotopic (exact) mass is 265 g/mol. The Labute approximate surface area is 108 Å². The van der Waals surface area contributed by atoms with Crippen molar-refractivity contribution in [1.29, 1.82) is 0 Å². The van der Waals surface area contributed by atoms with Crippen LogP contribution in [0.25, 0.3) is 11.2 Å². The molecule has 1 saturated heterocycles. The maximum Gasteiger partial charge on any atom is 0.167 e. The highest BCUT2D eigenvalue weighted by molar-refractivity contribution is 5.81. The third-order valence-corrected chi connectivity index (χ3v) is 3.52. The van der Waals surface area contributed by atoms with Gasteiger partial charge in [0.15, 0.2) is 11.5 Å². The van der Waals surface area contributed by atoms with Crippen LogP contribution in [0.2, 0.25) is 0 Å². The Morgan fingerprint density at radius 1 is 1.42 bits per heavy atom. The Balaban J connectivity index is 2.04. The van der Waals surface area contributed by atoms with Gasteiger partial charge in [-0.25, -0.2) is 15.0 Å². The number of fused-ring (bicyclic) bond motifs is 1. The third kappa shape index (κ3) is 1.76. The minimum atomic E-state index is -0.730. The number of nitrogen functional groups attached to an aromatic ring is 1. The van der Waals surface area contributed by atoms with Crippen molar-refractivity contribution in [2.75, 3.05) is 12.3 Å². The molecule has 4 atom stereocenters. The molecule has 3 rings (SSSR count). The average molecular weight is 265 g/mol. The molecule has 0 aromatic carbocycles. The highest BCUT2D eigenvalue weighted by Gasteiger charge is 2.42. The summed E-state index contributed by atoms with van der Waals surface area (Å²) in [5.74, 6) is 0.111. The molecule has 0 bridgehead atoms. The topological polar surface area (TPSA) is 119 Å². The summed E-state index contributed by atoms with van der Waals surface area (Å²) in [6.45, 7) is 1.62. The molecule has 2 aromatic rings. The second-order valence-corrected chi connectivity index (χ2v) is 4.68. The predicted molar refractivity (Wildman–Crippen MR) is 65.9 cm³/mol. The molecule has 1 aliphatic rings. The van der Waals surface area contributed by atoms with Gasteiger partial charge in [0, 0.05) is 5.92 Å². The molecule has 0 amide bonds. The molecular weight excluding hydrogens is 250 g/mol. The molecule has 2 aromatic heterocycles. The van der Waals surface area contributed by atoms with Crippen LogP contribution in [-0.2, 0) is 4.74 Å². The van der Waals surface area contributed by atoms with Crippen molar-refractivity contribution >= 4 is 17.0 Å². The number of aliphatic hydroxyl groups excluding tert-OH is 2. The van der Waals surface area contributed by atoms with Crippen LogP contribution >= 0.6 is 0 Å². The van der Waals surface area contributed by atoms with Gasteiger partial charge in [-0.2, -0.15) is 0 Å². The molecule has 19 heavy (non-hydrogen) atoms. The molecule has 4 N–H and O–H groups in total. The maximum absolute atomic E-state index is 9.98. The summed E-state index contributed by atoms with van der Waals surface area (Å²) in [7, 11) is 0. The van der Waals surface area contributed by atoms with Crippen LogP contribution in [0.1, 0.15) is 13.2 Å². The number of aliphatic hydroxyl groups is 2. The quantitative estimate of drug-likeness (QED) is 0.656. The summed E-state index contributed by atoms with van der Waals surface area (Å²) in [6, 6.07) is 0. The zero-order chi connectivity index (χ0) is 13.6. The second-order valence-electron chi connectivity index (χ2n) is 4.68. The van der Waals surface area contributed by atoms with E-state index in [-0.39, 0.29) is 12.5 Å². The Hall–Kier alpha value is -1.77. The Bertz CT molecular complexity index is 601. The van der Waals surface area contributed by atoms with Crippen molar-refractivity contribution in [3.8, 4) is 0 Å². The molecule has 0 spiro atoms. The van der Waals surface area contributed by atoms with Crippen molar-refractivity contribution in [2.24, 2.45) is 5.92 Å². The highest BCUT2D eigenvalue weighted by Crippen LogP contribution is 2.35. The summed E-state index contributed by atoms with van der Waals surface area (Å²) in [5.41, 5.74) is 6.78. The van der Waals surface area contributed by atoms with Gasteiger partial charge >= 0.3 is 0 Å². The fraction of sp³-hybridized carbons (Fsp3) is 0.545. The number of imidazole rings is 1. The lowest BCUT2D eigenvalue weighted by Crippen LogP contribution is -2.28. The van der Waals surface area contributed by atoms with Crippen molar-refractivity contribution in [3.63, 3.8) is 0 Å². The second kappa shape index (κ2) is 4.41. The van der Waals surface area contributed by atoms with E-state index in [1.807, 2.05) is 6.92 Å². The first-order valence-corrected chi connectivity index (χ1v) is 6.01. The van der Waals surface area contributed by atoms with Crippen LogP contribution < -0.4 is 5.73 Å². The smallest absolute Gasteiger partial charge is 0.167 e. The number of nitrogens with zero attached hydrogens (tertiary/aromatic N) is 4. The lowest BCUT2D eigenvalue weighted by atomic mass is 10.0. The number of ether oxygens (including phenoxy) is 1. The van der Waals surface area contributed by atoms with Crippen molar-refractivity contribution < 1.29 is 14.9 Å². The van der Waals surface area contributed by atoms with E-state index in [4.69, 9.17) is 10.5 Å². The van der Waals surface area contributed by atoms with Gasteiger partial charge in [-0.15, -0.1) is 0 Å². The van der Waals surface area contributed by atoms with Gasteiger partial charge in [-0.1, -0.05) is 6.92 Å². The summed E-state index contributed by atoms with van der Waals surface area (Å²) in [6.07, 6.45) is 1.15. The summed E-state index contributed by atoms with van der Waals surface area (Å²) in [4.78, 5) is 12.2. The van der Waals surface area contributed by atoms with E-state index < -0.39 is 18.4 Å². The molecule has 0 saturated carbocycles. The van der Waals surface area contributed by atoms with Gasteiger partial charge in [-0.3, -0.25) is 4.57 Å². The van der Waals surface area contributed by atoms with Gasteiger partial charge in [0.2, 0.25) is 0 Å². The SMILES string of the molecule is C[C@H]1C(O)[C@@H](CO)O[C@H]1n1cnc2c(N)ncnc21. The van der Waals surface area contributed by atoms with Crippen molar-refractivity contribution in [1.82, 2.24) is 19.5 Å². The number of anilines is 1. The largest absolute Gasteiger partial charge is 0.394 e. The van der Waals surface area contributed by atoms with E-state index in [9.17, 15) is 10.2 Å². The Morgan fingerprint density at radius 2 is 2.21 bits per heavy atom. The molecule has 1 fully saturated rings. The summed E-state index contributed by atoms with van der Waals surface area (Å²) < 4.78 is 7.35. The molecular formula is C11H15N5O3. The molecule has 1 aliphatic heterocycles. The first kappa shape index (κ1) is 12.3. The Morgan fingerprint density at radius 3 is 2.89 bits per heavy atom. The van der Waals surface area contributed by atoms with E-state index in [1.165, 1.54) is 6.33 Å². The fourth-order valence-electron chi connectivity index (χ4n) is 2.42. The van der Waals surface area contributed by atoms with Gasteiger partial charge in [0.1, 0.15) is 24.2 Å². The third-order valence-electron chi connectivity index (χ3n) is 3.52. The first-order chi connectivity index (χ1) is 9.13. The van der Waals surface area contributed by atoms with Crippen LogP contribution in [0.4, 0.5) is 5.82 Å². The molecule has 0 aliphatic carbocycles. The fourth-order valence-corrected chi connectivity index (χ4v) is 2.42. The van der Waals surface area contributed by atoms with Crippen LogP contribution in [0, 0.1) is 5.92 Å². The Kier molecular flexibility index (Phi) is 2.85. The molecule has 8 heteroatoms. The summed E-state index contributed by atoms with van der Waals surface area (Å²) >= 11 is 0. The van der Waals surface area contributed by atoms with E-state index in [1.54, 1.807) is 10.9 Å². The molecule has 1 unspecified atom stereocenters. The lowest BCUT2D eigenvalue weighted by Gasteiger charge is -2.17. The van der Waals surface area contributed by atoms with Gasteiger partial charge in [0.25, 0.3) is 0 Å². The van der Waals surface area contributed by atoms with Gasteiger partial charge in [0.05, 0.1) is 19.0 Å². The molecule has 102 valence electrons. The van der Waals surface area contributed by atoms with Gasteiger partial charge < -0.3 is 20.7 Å². The van der Waals surface area contributed by atoms with Gasteiger partial charge in [-0.05, 0) is 0 Å². The van der Waals surface area contributed by atoms with E-state index in [0.717, 1.165) is 0 Å². The first-order valence-electron chi connectivity index (χ1n) is 6.01. The van der Waals surface area contributed by atoms with Crippen molar-refractivity contribution in [2.45, 2.75) is 25.4 Å². The highest BCUT2D eigenvalue weighted by atomic mass is 16.5. The summed E-state index contributed by atoms with van der Waals surface area (Å²) in [5, 5.41) is 19.1. The van der Waals surface area contributed by atoms with Crippen LogP contribution in [0.15, 0.2) is 12.7 Å². The van der Waals surface area contributed by atoms with Crippen LogP contribution in [-0.4, -0.2) is 48.5 Å². The number of hydrogen-bond donors (Lipinski definition) is 3. The van der Waals surface area contributed by atoms with Crippen molar-refractivity contribution in [3.05, 3.63) is 12.7 Å². The maximum atomic E-state index is 9.98. The minimum Gasteiger partial charge on any atom is -0.394 e. The number of aromatic nitrogens is 4. The molecule has 3 heterocycles. The molecule has 8 nitrogen and oxygen atoms in total. The zero-order valence-electron chi connectivity index (χ0n) is 10.3. The normalized spacial score (nSPS) is 31.1. The van der Waals surface area contributed by atoms with Crippen LogP contribution in [0.5, 0.6) is 0 Å².